The van der Waals surface area contributed by atoms with Crippen molar-refractivity contribution in [3.8, 4) is 0 Å². The van der Waals surface area contributed by atoms with Crippen LogP contribution in [0.25, 0.3) is 0 Å². The average molecular weight is 327 g/mol. The maximum Gasteiger partial charge on any atom is 0.244 e. The van der Waals surface area contributed by atoms with Crippen molar-refractivity contribution in [3.63, 3.8) is 0 Å². The zero-order valence-corrected chi connectivity index (χ0v) is 14.1. The van der Waals surface area contributed by atoms with Crippen LogP contribution in [-0.2, 0) is 14.3 Å². The summed E-state index contributed by atoms with van der Waals surface area (Å²) in [6, 6.07) is 0. The van der Waals surface area contributed by atoms with Crippen molar-refractivity contribution in [2.45, 2.75) is 52.1 Å². The molecule has 0 spiro atoms. The smallest absolute Gasteiger partial charge is 0.244 e. The summed E-state index contributed by atoms with van der Waals surface area (Å²) in [6.07, 6.45) is 6.95. The number of amides is 2. The van der Waals surface area contributed by atoms with Crippen LogP contribution in [0.15, 0.2) is 4.99 Å². The van der Waals surface area contributed by atoms with E-state index in [-0.39, 0.29) is 5.11 Å². The molecule has 1 atom stereocenters. The molecule has 0 aromatic rings. The van der Waals surface area contributed by atoms with Crippen LogP contribution in [-0.4, -0.2) is 42.4 Å². The van der Waals surface area contributed by atoms with E-state index in [0.717, 1.165) is 19.3 Å². The Morgan fingerprint density at radius 2 is 1.95 bits per heavy atom. The zero-order valence-electron chi connectivity index (χ0n) is 13.3. The van der Waals surface area contributed by atoms with Crippen molar-refractivity contribution in [2.75, 3.05) is 13.2 Å². The first-order valence-corrected chi connectivity index (χ1v) is 8.26. The quantitative estimate of drug-likeness (QED) is 0.276. The second-order valence-electron chi connectivity index (χ2n) is 5.24. The first kappa shape index (κ1) is 18.7. The Hall–Kier alpha value is -1.34. The van der Waals surface area contributed by atoms with E-state index in [2.05, 4.69) is 29.5 Å². The molecule has 0 unspecified atom stereocenters. The summed E-state index contributed by atoms with van der Waals surface area (Å²) in [5.74, 6) is -1.76. The van der Waals surface area contributed by atoms with Crippen LogP contribution in [0.5, 0.6) is 0 Å². The molecule has 1 aliphatic heterocycles. The molecular formula is C15H25N3O3S. The third-order valence-corrected chi connectivity index (χ3v) is 3.62. The van der Waals surface area contributed by atoms with Crippen molar-refractivity contribution in [2.24, 2.45) is 10.9 Å². The number of hydrogen-bond donors (Lipinski definition) is 2. The molecule has 0 aliphatic carbocycles. The third kappa shape index (κ3) is 6.62. The summed E-state index contributed by atoms with van der Waals surface area (Å²) in [4.78, 5) is 27.3. The lowest BCUT2D eigenvalue weighted by atomic mass is 10.1. The van der Waals surface area contributed by atoms with E-state index in [1.807, 2.05) is 0 Å². The summed E-state index contributed by atoms with van der Waals surface area (Å²) in [5.41, 5.74) is 0. The van der Waals surface area contributed by atoms with Gasteiger partial charge in [0.15, 0.2) is 11.0 Å². The molecule has 124 valence electrons. The van der Waals surface area contributed by atoms with Crippen molar-refractivity contribution in [3.05, 3.63) is 0 Å². The molecule has 7 heteroatoms. The number of carbonyl (C=O) groups excluding carboxylic acids is 2. The third-order valence-electron chi connectivity index (χ3n) is 3.41. The number of aliphatic imine (C=N–C) groups is 1. The normalized spacial score (nSPS) is 17.6. The molecule has 22 heavy (non-hydrogen) atoms. The molecule has 2 N–H and O–H groups in total. The lowest BCUT2D eigenvalue weighted by molar-refractivity contribution is -0.131. The van der Waals surface area contributed by atoms with Gasteiger partial charge in [-0.3, -0.25) is 14.6 Å². The topological polar surface area (TPSA) is 79.8 Å². The van der Waals surface area contributed by atoms with Crippen molar-refractivity contribution < 1.29 is 14.3 Å². The number of thiocarbonyl (C=S) groups is 1. The highest BCUT2D eigenvalue weighted by molar-refractivity contribution is 7.80. The molecule has 1 rings (SSSR count). The van der Waals surface area contributed by atoms with Crippen LogP contribution in [0.3, 0.4) is 0 Å². The molecule has 1 fully saturated rings. The number of nitrogens with zero attached hydrogens (tertiary/aromatic N) is 1. The first-order chi connectivity index (χ1) is 10.6. The molecule has 0 aromatic heterocycles. The van der Waals surface area contributed by atoms with Crippen molar-refractivity contribution in [1.29, 1.82) is 0 Å². The predicted molar refractivity (Wildman–Crippen MR) is 89.9 cm³/mol. The Labute approximate surface area is 137 Å². The molecule has 0 aromatic carbocycles. The van der Waals surface area contributed by atoms with Gasteiger partial charge in [0.1, 0.15) is 0 Å². The van der Waals surface area contributed by atoms with Gasteiger partial charge in [0.25, 0.3) is 0 Å². The highest BCUT2D eigenvalue weighted by Crippen LogP contribution is 2.08. The Kier molecular flexibility index (Phi) is 8.84. The standard InChI is InChI=1S/C15H25N3O3S/c1-3-5-7-11(4-2)21-9-6-8-16-10-12-13(19)17-15(22)18-14(12)20/h10-12H,3-9H2,1-2H3,(H2,17,18,19,20,22)/t11-/m1/s1. The minimum absolute atomic E-state index is 0.0470. The molecule has 1 aliphatic rings. The van der Waals surface area contributed by atoms with Gasteiger partial charge in [-0.05, 0) is 31.5 Å². The fourth-order valence-corrected chi connectivity index (χ4v) is 2.29. The van der Waals surface area contributed by atoms with E-state index in [1.165, 1.54) is 19.1 Å². The summed E-state index contributed by atoms with van der Waals surface area (Å²) in [6.45, 7) is 5.48. The van der Waals surface area contributed by atoms with Crippen LogP contribution in [0.1, 0.15) is 46.0 Å². The number of ether oxygens (including phenoxy) is 1. The van der Waals surface area contributed by atoms with Gasteiger partial charge < -0.3 is 15.4 Å². The predicted octanol–water partition coefficient (Wildman–Crippen LogP) is 1.58. The van der Waals surface area contributed by atoms with Gasteiger partial charge >= 0.3 is 0 Å². The highest BCUT2D eigenvalue weighted by Gasteiger charge is 2.30. The minimum atomic E-state index is -0.902. The van der Waals surface area contributed by atoms with Crippen LogP contribution in [0, 0.1) is 5.92 Å². The maximum atomic E-state index is 11.6. The van der Waals surface area contributed by atoms with Crippen LogP contribution >= 0.6 is 12.2 Å². The summed E-state index contributed by atoms with van der Waals surface area (Å²) >= 11 is 4.72. The minimum Gasteiger partial charge on any atom is -0.378 e. The Bertz CT molecular complexity index is 406. The number of carbonyl (C=O) groups is 2. The molecule has 1 heterocycles. The SMILES string of the molecule is CCCC[C@@H](CC)OCCCN=CC1C(=O)NC(=S)NC1=O. The van der Waals surface area contributed by atoms with E-state index in [0.29, 0.717) is 19.3 Å². The van der Waals surface area contributed by atoms with Crippen molar-refractivity contribution >= 4 is 35.4 Å². The number of unbranched alkanes of at least 4 members (excludes halogenated alkanes) is 1. The molecule has 0 bridgehead atoms. The van der Waals surface area contributed by atoms with Gasteiger partial charge in [-0.15, -0.1) is 0 Å². The second kappa shape index (κ2) is 10.4. The summed E-state index contributed by atoms with van der Waals surface area (Å²) in [7, 11) is 0. The Morgan fingerprint density at radius 1 is 1.27 bits per heavy atom. The Morgan fingerprint density at radius 3 is 2.55 bits per heavy atom. The van der Waals surface area contributed by atoms with Gasteiger partial charge in [0.05, 0.1) is 6.10 Å². The molecular weight excluding hydrogens is 302 g/mol. The number of rotatable bonds is 10. The first-order valence-electron chi connectivity index (χ1n) is 7.85. The van der Waals surface area contributed by atoms with Gasteiger partial charge in [-0.1, -0.05) is 26.7 Å². The van der Waals surface area contributed by atoms with Gasteiger partial charge in [0, 0.05) is 19.4 Å². The molecule has 0 saturated carbocycles. The lowest BCUT2D eigenvalue weighted by Crippen LogP contribution is -2.56. The summed E-state index contributed by atoms with van der Waals surface area (Å²) < 4.78 is 5.79. The summed E-state index contributed by atoms with van der Waals surface area (Å²) in [5, 5.41) is 4.84. The van der Waals surface area contributed by atoms with E-state index < -0.39 is 17.7 Å². The van der Waals surface area contributed by atoms with E-state index in [4.69, 9.17) is 17.0 Å². The van der Waals surface area contributed by atoms with Crippen LogP contribution < -0.4 is 10.6 Å². The number of hydrogen-bond acceptors (Lipinski definition) is 5. The van der Waals surface area contributed by atoms with Gasteiger partial charge in [-0.2, -0.15) is 0 Å². The fraction of sp³-hybridized carbons (Fsp3) is 0.733. The number of nitrogens with one attached hydrogen (secondary N) is 2. The van der Waals surface area contributed by atoms with E-state index >= 15 is 0 Å². The van der Waals surface area contributed by atoms with Crippen LogP contribution in [0.4, 0.5) is 0 Å². The monoisotopic (exact) mass is 327 g/mol. The Balaban J connectivity index is 2.22. The molecule has 6 nitrogen and oxygen atoms in total. The molecule has 1 saturated heterocycles. The lowest BCUT2D eigenvalue weighted by Gasteiger charge is -2.19. The second-order valence-corrected chi connectivity index (χ2v) is 5.65. The molecule has 0 radical (unpaired) electrons. The highest BCUT2D eigenvalue weighted by atomic mass is 32.1. The van der Waals surface area contributed by atoms with E-state index in [1.54, 1.807) is 0 Å². The molecule has 2 amide bonds. The van der Waals surface area contributed by atoms with Gasteiger partial charge in [0.2, 0.25) is 11.8 Å². The van der Waals surface area contributed by atoms with E-state index in [9.17, 15) is 9.59 Å². The zero-order chi connectivity index (χ0) is 16.4. The average Bonchev–Trinajstić information content (AvgIpc) is 2.47. The largest absolute Gasteiger partial charge is 0.378 e. The van der Waals surface area contributed by atoms with Gasteiger partial charge in [-0.25, -0.2) is 0 Å². The fourth-order valence-electron chi connectivity index (χ4n) is 2.09. The van der Waals surface area contributed by atoms with Crippen LogP contribution in [0.2, 0.25) is 0 Å². The maximum absolute atomic E-state index is 11.6. The van der Waals surface area contributed by atoms with Crippen molar-refractivity contribution in [1.82, 2.24) is 10.6 Å².